The van der Waals surface area contributed by atoms with Crippen molar-refractivity contribution >= 4 is 56.5 Å². The number of nitrogens with zero attached hydrogens (tertiary/aromatic N) is 2. The molecule has 0 aliphatic rings. The molecular weight excluding hydrogens is 444 g/mol. The molecule has 0 spiro atoms. The number of rotatable bonds is 6. The Bertz CT molecular complexity index is 1330. The van der Waals surface area contributed by atoms with E-state index in [-0.39, 0.29) is 17.4 Å². The highest BCUT2D eigenvalue weighted by atomic mass is 32.2. The van der Waals surface area contributed by atoms with Crippen LogP contribution in [0.15, 0.2) is 76.0 Å². The highest BCUT2D eigenvalue weighted by Crippen LogP contribution is 2.27. The van der Waals surface area contributed by atoms with E-state index in [4.69, 9.17) is 0 Å². The van der Waals surface area contributed by atoms with Crippen LogP contribution in [0.1, 0.15) is 13.8 Å². The number of hydrogen-bond donors (Lipinski definition) is 2. The number of aromatic nitrogens is 2. The van der Waals surface area contributed by atoms with Gasteiger partial charge in [0.25, 0.3) is 5.56 Å². The van der Waals surface area contributed by atoms with Crippen LogP contribution in [0.4, 0.5) is 11.4 Å². The van der Waals surface area contributed by atoms with Gasteiger partial charge in [-0.3, -0.25) is 19.0 Å². The van der Waals surface area contributed by atoms with E-state index in [0.29, 0.717) is 32.4 Å². The fourth-order valence-electron chi connectivity index (χ4n) is 3.07. The maximum Gasteiger partial charge on any atom is 0.267 e. The minimum Gasteiger partial charge on any atom is -0.326 e. The van der Waals surface area contributed by atoms with E-state index >= 15 is 0 Å². The molecular formula is C23H20N4O3S2. The smallest absolute Gasteiger partial charge is 0.267 e. The Balaban J connectivity index is 1.58. The van der Waals surface area contributed by atoms with E-state index in [9.17, 15) is 14.4 Å². The summed E-state index contributed by atoms with van der Waals surface area (Å²) >= 11 is 2.62. The van der Waals surface area contributed by atoms with Gasteiger partial charge in [-0.1, -0.05) is 30.0 Å². The Morgan fingerprint density at radius 3 is 2.31 bits per heavy atom. The average molecular weight is 465 g/mol. The molecule has 2 N–H and O–H groups in total. The molecule has 2 heterocycles. The first kappa shape index (κ1) is 21.8. The van der Waals surface area contributed by atoms with Crippen molar-refractivity contribution in [1.29, 1.82) is 0 Å². The number of hydrogen-bond acceptors (Lipinski definition) is 6. The van der Waals surface area contributed by atoms with Crippen molar-refractivity contribution < 1.29 is 9.59 Å². The topological polar surface area (TPSA) is 93.1 Å². The Hall–Kier alpha value is -3.43. The summed E-state index contributed by atoms with van der Waals surface area (Å²) in [6.45, 7) is 3.21. The van der Waals surface area contributed by atoms with Crippen molar-refractivity contribution in [3.8, 4) is 5.69 Å². The van der Waals surface area contributed by atoms with Gasteiger partial charge in [0.15, 0.2) is 5.16 Å². The van der Waals surface area contributed by atoms with Gasteiger partial charge in [0.2, 0.25) is 11.8 Å². The number of para-hydroxylation sites is 1. The monoisotopic (exact) mass is 464 g/mol. The summed E-state index contributed by atoms with van der Waals surface area (Å²) in [6, 6.07) is 17.9. The van der Waals surface area contributed by atoms with Crippen molar-refractivity contribution in [2.75, 3.05) is 10.6 Å². The molecule has 9 heteroatoms. The Morgan fingerprint density at radius 1 is 1.00 bits per heavy atom. The van der Waals surface area contributed by atoms with Crippen LogP contribution in [0.2, 0.25) is 0 Å². The normalized spacial score (nSPS) is 11.8. The summed E-state index contributed by atoms with van der Waals surface area (Å²) in [5.41, 5.74) is 1.80. The number of thiophene rings is 1. The molecule has 0 bridgehead atoms. The molecule has 0 aliphatic carbocycles. The summed E-state index contributed by atoms with van der Waals surface area (Å²) in [4.78, 5) is 42.4. The Labute approximate surface area is 192 Å². The molecule has 1 unspecified atom stereocenters. The van der Waals surface area contributed by atoms with Crippen LogP contribution in [0.3, 0.4) is 0 Å². The number of fused-ring (bicyclic) bond motifs is 1. The molecule has 7 nitrogen and oxygen atoms in total. The minimum absolute atomic E-state index is 0.161. The lowest BCUT2D eigenvalue weighted by atomic mass is 10.2. The second-order valence-corrected chi connectivity index (χ2v) is 9.22. The zero-order valence-electron chi connectivity index (χ0n) is 17.4. The van der Waals surface area contributed by atoms with Crippen molar-refractivity contribution in [3.05, 3.63) is 76.4 Å². The number of benzene rings is 2. The number of thioether (sulfide) groups is 1. The van der Waals surface area contributed by atoms with Gasteiger partial charge in [-0.2, -0.15) is 0 Å². The van der Waals surface area contributed by atoms with Crippen LogP contribution in [-0.4, -0.2) is 26.6 Å². The zero-order valence-corrected chi connectivity index (χ0v) is 19.0. The Kier molecular flexibility index (Phi) is 6.38. The number of anilines is 2. The molecule has 0 saturated heterocycles. The van der Waals surface area contributed by atoms with Crippen molar-refractivity contribution in [2.24, 2.45) is 0 Å². The third-order valence-corrected chi connectivity index (χ3v) is 6.46. The third kappa shape index (κ3) is 4.74. The first-order valence-electron chi connectivity index (χ1n) is 9.83. The summed E-state index contributed by atoms with van der Waals surface area (Å²) in [5, 5.41) is 7.89. The summed E-state index contributed by atoms with van der Waals surface area (Å²) in [7, 11) is 0. The number of nitrogens with one attached hydrogen (secondary N) is 2. The van der Waals surface area contributed by atoms with Crippen LogP contribution >= 0.6 is 23.1 Å². The second kappa shape index (κ2) is 9.37. The van der Waals surface area contributed by atoms with E-state index in [1.165, 1.54) is 30.0 Å². The molecule has 2 aromatic carbocycles. The molecule has 0 fully saturated rings. The van der Waals surface area contributed by atoms with Gasteiger partial charge >= 0.3 is 0 Å². The van der Waals surface area contributed by atoms with E-state index in [0.717, 1.165) is 0 Å². The van der Waals surface area contributed by atoms with Crippen LogP contribution < -0.4 is 16.2 Å². The minimum atomic E-state index is -0.510. The van der Waals surface area contributed by atoms with Gasteiger partial charge in [0.1, 0.15) is 4.83 Å². The van der Waals surface area contributed by atoms with Gasteiger partial charge in [0.05, 0.1) is 16.3 Å². The third-order valence-electron chi connectivity index (χ3n) is 4.61. The fourth-order valence-corrected chi connectivity index (χ4v) is 4.81. The SMILES string of the molecule is CC(=O)Nc1ccc(NC(=O)C(C)Sc2nc3sccc3c(=O)n2-c2ccccc2)cc1. The van der Waals surface area contributed by atoms with E-state index < -0.39 is 5.25 Å². The molecule has 4 aromatic rings. The van der Waals surface area contributed by atoms with E-state index in [1.54, 1.807) is 41.8 Å². The number of amides is 2. The van der Waals surface area contributed by atoms with Crippen LogP contribution in [0.25, 0.3) is 15.9 Å². The summed E-state index contributed by atoms with van der Waals surface area (Å²) < 4.78 is 1.55. The first-order valence-corrected chi connectivity index (χ1v) is 11.6. The lowest BCUT2D eigenvalue weighted by molar-refractivity contribution is -0.115. The molecule has 1 atom stereocenters. The highest BCUT2D eigenvalue weighted by Gasteiger charge is 2.21. The predicted molar refractivity (Wildman–Crippen MR) is 130 cm³/mol. The van der Waals surface area contributed by atoms with Crippen LogP contribution in [0, 0.1) is 0 Å². The van der Waals surface area contributed by atoms with Gasteiger partial charge in [0, 0.05) is 18.3 Å². The van der Waals surface area contributed by atoms with E-state index in [2.05, 4.69) is 15.6 Å². The van der Waals surface area contributed by atoms with Gasteiger partial charge in [-0.25, -0.2) is 4.98 Å². The zero-order chi connectivity index (χ0) is 22.7. The molecule has 4 rings (SSSR count). The standard InChI is InChI=1S/C23H20N4O3S2/c1-14(20(29)25-17-10-8-16(9-11-17)24-15(2)28)32-23-26-21-19(12-13-31-21)22(30)27(23)18-6-4-3-5-7-18/h3-14H,1-2H3,(H,24,28)(H,25,29). The molecule has 162 valence electrons. The summed E-state index contributed by atoms with van der Waals surface area (Å²) in [5.74, 6) is -0.381. The maximum absolute atomic E-state index is 13.1. The van der Waals surface area contributed by atoms with Gasteiger partial charge < -0.3 is 10.6 Å². The molecule has 0 aliphatic heterocycles. The largest absolute Gasteiger partial charge is 0.326 e. The van der Waals surface area contributed by atoms with Crippen LogP contribution in [0.5, 0.6) is 0 Å². The van der Waals surface area contributed by atoms with Crippen LogP contribution in [-0.2, 0) is 9.59 Å². The molecule has 0 saturated carbocycles. The second-order valence-electron chi connectivity index (χ2n) is 7.02. The highest BCUT2D eigenvalue weighted by molar-refractivity contribution is 8.00. The molecule has 2 aromatic heterocycles. The van der Waals surface area contributed by atoms with E-state index in [1.807, 2.05) is 35.7 Å². The molecule has 32 heavy (non-hydrogen) atoms. The number of carbonyl (C=O) groups is 2. The average Bonchev–Trinajstić information content (AvgIpc) is 3.24. The predicted octanol–water partition coefficient (Wildman–Crippen LogP) is 4.52. The number of carbonyl (C=O) groups excluding carboxylic acids is 2. The lowest BCUT2D eigenvalue weighted by Gasteiger charge is -2.16. The molecule has 0 radical (unpaired) electrons. The van der Waals surface area contributed by atoms with Crippen molar-refractivity contribution in [1.82, 2.24) is 9.55 Å². The Morgan fingerprint density at radius 2 is 1.66 bits per heavy atom. The van der Waals surface area contributed by atoms with Gasteiger partial charge in [-0.15, -0.1) is 11.3 Å². The summed E-state index contributed by atoms with van der Waals surface area (Å²) in [6.07, 6.45) is 0. The van der Waals surface area contributed by atoms with Crippen molar-refractivity contribution in [2.45, 2.75) is 24.3 Å². The first-order chi connectivity index (χ1) is 15.4. The maximum atomic E-state index is 13.1. The van der Waals surface area contributed by atoms with Gasteiger partial charge in [-0.05, 0) is 54.8 Å². The quantitative estimate of drug-likeness (QED) is 0.323. The van der Waals surface area contributed by atoms with Crippen molar-refractivity contribution in [3.63, 3.8) is 0 Å². The molecule has 2 amide bonds. The fraction of sp³-hybridized carbons (Fsp3) is 0.130. The lowest BCUT2D eigenvalue weighted by Crippen LogP contribution is -2.26.